The molecule has 2 aromatic carbocycles. The normalized spacial score (nSPS) is 10.8. The van der Waals surface area contributed by atoms with Gasteiger partial charge in [0.2, 0.25) is 5.91 Å². The van der Waals surface area contributed by atoms with Crippen molar-refractivity contribution < 1.29 is 18.8 Å². The minimum absolute atomic E-state index is 0.0294. The Morgan fingerprint density at radius 2 is 1.85 bits per heavy atom. The van der Waals surface area contributed by atoms with Crippen LogP contribution in [0.3, 0.4) is 0 Å². The van der Waals surface area contributed by atoms with Gasteiger partial charge in [0.25, 0.3) is 0 Å². The molecule has 0 atom stereocenters. The van der Waals surface area contributed by atoms with E-state index in [-0.39, 0.29) is 12.3 Å². The van der Waals surface area contributed by atoms with Crippen molar-refractivity contribution in [1.82, 2.24) is 10.1 Å². The third-order valence-corrected chi connectivity index (χ3v) is 4.45. The molecule has 0 spiro atoms. The molecule has 0 aliphatic heterocycles. The topological polar surface area (TPSA) is 64.8 Å². The third-order valence-electron chi connectivity index (χ3n) is 4.45. The zero-order valence-electron chi connectivity index (χ0n) is 15.4. The zero-order valence-corrected chi connectivity index (χ0v) is 15.4. The van der Waals surface area contributed by atoms with Gasteiger partial charge >= 0.3 is 0 Å². The van der Waals surface area contributed by atoms with E-state index in [9.17, 15) is 4.79 Å². The summed E-state index contributed by atoms with van der Waals surface area (Å²) in [6, 6.07) is 11.4. The van der Waals surface area contributed by atoms with Crippen LogP contribution in [-0.2, 0) is 17.8 Å². The van der Waals surface area contributed by atoms with E-state index in [2.05, 4.69) is 5.16 Å². The van der Waals surface area contributed by atoms with Crippen molar-refractivity contribution in [3.63, 3.8) is 0 Å². The molecule has 0 fully saturated rings. The maximum Gasteiger partial charge on any atom is 0.228 e. The average Bonchev–Trinajstić information content (AvgIpc) is 3.05. The number of nitrogens with zero attached hydrogens (tertiary/aromatic N) is 2. The maximum atomic E-state index is 12.6. The molecule has 1 heterocycles. The molecule has 0 N–H and O–H groups in total. The first-order chi connectivity index (χ1) is 12.5. The van der Waals surface area contributed by atoms with Gasteiger partial charge in [-0.3, -0.25) is 4.79 Å². The highest BCUT2D eigenvalue weighted by Gasteiger charge is 2.17. The number of methoxy groups -OCH3 is 2. The number of fused-ring (bicyclic) bond motifs is 1. The van der Waals surface area contributed by atoms with E-state index < -0.39 is 0 Å². The number of aryl methyl sites for hydroxylation is 1. The van der Waals surface area contributed by atoms with Crippen LogP contribution < -0.4 is 9.47 Å². The molecule has 0 aliphatic rings. The van der Waals surface area contributed by atoms with Gasteiger partial charge in [-0.15, -0.1) is 0 Å². The molecule has 0 aliphatic carbocycles. The Morgan fingerprint density at radius 1 is 1.15 bits per heavy atom. The van der Waals surface area contributed by atoms with Crippen LogP contribution in [0, 0.1) is 6.92 Å². The number of likely N-dealkylation sites (N-methyl/N-ethyl adjacent to an activating group) is 1. The van der Waals surface area contributed by atoms with Gasteiger partial charge in [-0.05, 0) is 42.3 Å². The van der Waals surface area contributed by atoms with Gasteiger partial charge in [-0.1, -0.05) is 17.3 Å². The minimum Gasteiger partial charge on any atom is -0.493 e. The highest BCUT2D eigenvalue weighted by Crippen LogP contribution is 2.30. The molecular weight excluding hydrogens is 332 g/mol. The van der Waals surface area contributed by atoms with Gasteiger partial charge in [0.15, 0.2) is 17.1 Å². The second kappa shape index (κ2) is 7.47. The van der Waals surface area contributed by atoms with Crippen LogP contribution in [0.4, 0.5) is 0 Å². The molecule has 3 rings (SSSR count). The summed E-state index contributed by atoms with van der Waals surface area (Å²) >= 11 is 0. The SMILES string of the molecule is COc1cc(C)c(CN(C)C(=O)Cc2noc3ccccc23)cc1OC. The molecule has 0 bridgehead atoms. The lowest BCUT2D eigenvalue weighted by Gasteiger charge is -2.19. The lowest BCUT2D eigenvalue weighted by molar-refractivity contribution is -0.129. The van der Waals surface area contributed by atoms with Gasteiger partial charge in [0.05, 0.1) is 20.6 Å². The van der Waals surface area contributed by atoms with Crippen molar-refractivity contribution in [3.05, 3.63) is 53.2 Å². The number of carbonyl (C=O) groups is 1. The van der Waals surface area contributed by atoms with Crippen molar-refractivity contribution >= 4 is 16.9 Å². The summed E-state index contributed by atoms with van der Waals surface area (Å²) in [6.45, 7) is 2.46. The summed E-state index contributed by atoms with van der Waals surface area (Å²) in [5.41, 5.74) is 3.38. The van der Waals surface area contributed by atoms with Crippen LogP contribution in [0.25, 0.3) is 11.0 Å². The van der Waals surface area contributed by atoms with Gasteiger partial charge in [-0.25, -0.2) is 0 Å². The predicted molar refractivity (Wildman–Crippen MR) is 98.5 cm³/mol. The number of hydrogen-bond donors (Lipinski definition) is 0. The molecule has 0 saturated carbocycles. The Labute approximate surface area is 152 Å². The second-order valence-corrected chi connectivity index (χ2v) is 6.19. The fourth-order valence-electron chi connectivity index (χ4n) is 2.88. The average molecular weight is 354 g/mol. The van der Waals surface area contributed by atoms with Gasteiger partial charge in [-0.2, -0.15) is 0 Å². The first kappa shape index (κ1) is 17.8. The fourth-order valence-corrected chi connectivity index (χ4v) is 2.88. The standard InChI is InChI=1S/C20H22N2O4/c1-13-9-18(24-3)19(25-4)10-14(13)12-22(2)20(23)11-16-15-7-5-6-8-17(15)26-21-16/h5-10H,11-12H2,1-4H3. The van der Waals surface area contributed by atoms with Crippen molar-refractivity contribution in [3.8, 4) is 11.5 Å². The van der Waals surface area contributed by atoms with E-state index in [0.29, 0.717) is 29.3 Å². The van der Waals surface area contributed by atoms with Crippen LogP contribution in [-0.4, -0.2) is 37.2 Å². The second-order valence-electron chi connectivity index (χ2n) is 6.19. The van der Waals surface area contributed by atoms with Gasteiger partial charge in [0, 0.05) is 19.0 Å². The van der Waals surface area contributed by atoms with Crippen LogP contribution in [0.5, 0.6) is 11.5 Å². The zero-order chi connectivity index (χ0) is 18.7. The summed E-state index contributed by atoms with van der Waals surface area (Å²) in [5.74, 6) is 1.30. The van der Waals surface area contributed by atoms with E-state index in [4.69, 9.17) is 14.0 Å². The maximum absolute atomic E-state index is 12.6. The molecule has 6 heteroatoms. The Kier molecular flexibility index (Phi) is 5.11. The molecule has 136 valence electrons. The number of rotatable bonds is 6. The van der Waals surface area contributed by atoms with Crippen LogP contribution in [0.1, 0.15) is 16.8 Å². The Morgan fingerprint density at radius 3 is 2.58 bits per heavy atom. The Balaban J connectivity index is 1.75. The number of para-hydroxylation sites is 1. The molecule has 0 radical (unpaired) electrons. The van der Waals surface area contributed by atoms with Gasteiger partial charge < -0.3 is 18.9 Å². The monoisotopic (exact) mass is 354 g/mol. The number of amides is 1. The summed E-state index contributed by atoms with van der Waals surface area (Å²) < 4.78 is 15.9. The van der Waals surface area contributed by atoms with Crippen LogP contribution >= 0.6 is 0 Å². The highest BCUT2D eigenvalue weighted by atomic mass is 16.5. The molecule has 26 heavy (non-hydrogen) atoms. The van der Waals surface area contributed by atoms with E-state index in [1.165, 1.54) is 0 Å². The number of carbonyl (C=O) groups excluding carboxylic acids is 1. The van der Waals surface area contributed by atoms with E-state index in [1.807, 2.05) is 43.3 Å². The fraction of sp³-hybridized carbons (Fsp3) is 0.300. The summed E-state index contributed by atoms with van der Waals surface area (Å²) in [5, 5.41) is 4.91. The number of hydrogen-bond acceptors (Lipinski definition) is 5. The van der Waals surface area contributed by atoms with Crippen molar-refractivity contribution in [2.45, 2.75) is 19.9 Å². The van der Waals surface area contributed by atoms with Crippen LogP contribution in [0.2, 0.25) is 0 Å². The third kappa shape index (κ3) is 3.49. The highest BCUT2D eigenvalue weighted by molar-refractivity contribution is 5.86. The Bertz CT molecular complexity index is 933. The summed E-state index contributed by atoms with van der Waals surface area (Å²) in [4.78, 5) is 14.3. The van der Waals surface area contributed by atoms with Crippen LogP contribution in [0.15, 0.2) is 40.9 Å². The molecule has 1 aromatic heterocycles. The largest absolute Gasteiger partial charge is 0.493 e. The van der Waals surface area contributed by atoms with Crippen molar-refractivity contribution in [1.29, 1.82) is 0 Å². The number of ether oxygens (including phenoxy) is 2. The predicted octanol–water partition coefficient (Wildman–Crippen LogP) is 3.35. The smallest absolute Gasteiger partial charge is 0.228 e. The van der Waals surface area contributed by atoms with E-state index in [1.54, 1.807) is 26.2 Å². The lowest BCUT2D eigenvalue weighted by Crippen LogP contribution is -2.28. The molecule has 0 unspecified atom stereocenters. The minimum atomic E-state index is -0.0294. The van der Waals surface area contributed by atoms with E-state index >= 15 is 0 Å². The molecule has 0 saturated heterocycles. The molecule has 3 aromatic rings. The van der Waals surface area contributed by atoms with E-state index in [0.717, 1.165) is 16.5 Å². The number of aromatic nitrogens is 1. The Hall–Kier alpha value is -3.02. The quantitative estimate of drug-likeness (QED) is 0.679. The molecular formula is C20H22N2O4. The lowest BCUT2D eigenvalue weighted by atomic mass is 10.1. The number of benzene rings is 2. The summed E-state index contributed by atoms with van der Waals surface area (Å²) in [7, 11) is 4.98. The van der Waals surface area contributed by atoms with Gasteiger partial charge in [0.1, 0.15) is 5.69 Å². The van der Waals surface area contributed by atoms with Crippen molar-refractivity contribution in [2.24, 2.45) is 0 Å². The summed E-state index contributed by atoms with van der Waals surface area (Å²) in [6.07, 6.45) is 0.194. The molecule has 1 amide bonds. The first-order valence-corrected chi connectivity index (χ1v) is 8.32. The molecule has 6 nitrogen and oxygen atoms in total. The first-order valence-electron chi connectivity index (χ1n) is 8.32. The van der Waals surface area contributed by atoms with Crippen molar-refractivity contribution in [2.75, 3.05) is 21.3 Å².